The van der Waals surface area contributed by atoms with Crippen LogP contribution in [0.25, 0.3) is 16.7 Å². The van der Waals surface area contributed by atoms with E-state index in [0.717, 1.165) is 0 Å². The van der Waals surface area contributed by atoms with Gasteiger partial charge >= 0.3 is 12.3 Å². The molecule has 0 spiro atoms. The van der Waals surface area contributed by atoms with Crippen molar-refractivity contribution in [2.45, 2.75) is 19.0 Å². The summed E-state index contributed by atoms with van der Waals surface area (Å²) < 4.78 is 46.0. The molecule has 5 rings (SSSR count). The van der Waals surface area contributed by atoms with Gasteiger partial charge in [-0.2, -0.15) is 13.2 Å². The van der Waals surface area contributed by atoms with Gasteiger partial charge < -0.3 is 9.64 Å². The average molecular weight is 459 g/mol. The Kier molecular flexibility index (Phi) is 5.18. The first kappa shape index (κ1) is 21.2. The van der Waals surface area contributed by atoms with E-state index in [2.05, 4.69) is 9.97 Å². The Hall–Kier alpha value is -3.63. The van der Waals surface area contributed by atoms with E-state index < -0.39 is 24.1 Å². The van der Waals surface area contributed by atoms with Crippen LogP contribution in [-0.4, -0.2) is 63.9 Å². The summed E-state index contributed by atoms with van der Waals surface area (Å²) >= 11 is 0. The molecule has 5 heterocycles. The highest BCUT2D eigenvalue weighted by Crippen LogP contribution is 2.33. The van der Waals surface area contributed by atoms with Gasteiger partial charge in [-0.25, -0.2) is 14.8 Å². The predicted octanol–water partition coefficient (Wildman–Crippen LogP) is 3.79. The van der Waals surface area contributed by atoms with Crippen molar-refractivity contribution in [3.63, 3.8) is 0 Å². The number of nitrogens with zero attached hydrogens (tertiary/aromatic N) is 5. The molecule has 8 nitrogen and oxygen atoms in total. The van der Waals surface area contributed by atoms with Gasteiger partial charge in [-0.3, -0.25) is 14.3 Å². The number of pyridine rings is 2. The zero-order valence-corrected chi connectivity index (χ0v) is 17.5. The Labute approximate surface area is 186 Å². The molecule has 172 valence electrons. The maximum absolute atomic E-state index is 13.1. The van der Waals surface area contributed by atoms with Crippen molar-refractivity contribution in [1.29, 1.82) is 0 Å². The molecule has 2 aliphatic heterocycles. The smallest absolute Gasteiger partial charge is 0.415 e. The number of piperidine rings is 1. The monoisotopic (exact) mass is 459 g/mol. The number of amides is 2. The quantitative estimate of drug-likeness (QED) is 0.596. The van der Waals surface area contributed by atoms with Crippen LogP contribution in [0.5, 0.6) is 0 Å². The van der Waals surface area contributed by atoms with E-state index in [1.807, 2.05) is 0 Å². The lowest BCUT2D eigenvalue weighted by molar-refractivity contribution is -0.184. The van der Waals surface area contributed by atoms with Gasteiger partial charge in [0, 0.05) is 30.9 Å². The summed E-state index contributed by atoms with van der Waals surface area (Å²) in [4.78, 5) is 36.0. The number of hydrogen-bond acceptors (Lipinski definition) is 5. The summed E-state index contributed by atoms with van der Waals surface area (Å²) in [6.07, 6.45) is 0.381. The predicted molar refractivity (Wildman–Crippen MR) is 112 cm³/mol. The molecule has 0 bridgehead atoms. The molecule has 2 saturated heterocycles. The van der Waals surface area contributed by atoms with Gasteiger partial charge in [-0.05, 0) is 37.1 Å². The summed E-state index contributed by atoms with van der Waals surface area (Å²) in [5.41, 5.74) is 1.54. The maximum atomic E-state index is 13.1. The second-order valence-corrected chi connectivity index (χ2v) is 8.10. The van der Waals surface area contributed by atoms with Gasteiger partial charge in [0.05, 0.1) is 29.9 Å². The molecular formula is C22H20F3N5O3. The fourth-order valence-corrected chi connectivity index (χ4v) is 4.24. The Morgan fingerprint density at radius 1 is 1.12 bits per heavy atom. The van der Waals surface area contributed by atoms with Crippen molar-refractivity contribution in [1.82, 2.24) is 19.4 Å². The van der Waals surface area contributed by atoms with Crippen LogP contribution in [0.15, 0.2) is 42.9 Å². The number of ether oxygens (including phenoxy) is 1. The molecular weight excluding hydrogens is 439 g/mol. The normalized spacial score (nSPS) is 19.2. The van der Waals surface area contributed by atoms with E-state index in [9.17, 15) is 22.8 Å². The number of likely N-dealkylation sites (tertiary alicyclic amines) is 1. The molecule has 0 aromatic carbocycles. The van der Waals surface area contributed by atoms with E-state index in [1.165, 1.54) is 16.0 Å². The molecule has 0 N–H and O–H groups in total. The lowest BCUT2D eigenvalue weighted by Gasteiger charge is -2.33. The first-order valence-corrected chi connectivity index (χ1v) is 10.5. The number of anilines is 1. The summed E-state index contributed by atoms with van der Waals surface area (Å²) in [5, 5.41) is 0.678. The molecule has 2 fully saturated rings. The molecule has 2 amide bonds. The van der Waals surface area contributed by atoms with E-state index in [4.69, 9.17) is 4.74 Å². The second-order valence-electron chi connectivity index (χ2n) is 8.10. The lowest BCUT2D eigenvalue weighted by atomic mass is 9.97. The fourth-order valence-electron chi connectivity index (χ4n) is 4.24. The number of hydrogen-bond donors (Lipinski definition) is 0. The minimum absolute atomic E-state index is 0.0409. The molecule has 0 aliphatic carbocycles. The van der Waals surface area contributed by atoms with Crippen molar-refractivity contribution in [2.75, 3.05) is 31.1 Å². The van der Waals surface area contributed by atoms with Crippen molar-refractivity contribution in [3.8, 4) is 5.69 Å². The van der Waals surface area contributed by atoms with Crippen LogP contribution >= 0.6 is 0 Å². The number of cyclic esters (lactones) is 1. The molecule has 2 aliphatic rings. The van der Waals surface area contributed by atoms with Crippen LogP contribution in [0, 0.1) is 5.92 Å². The molecule has 0 saturated carbocycles. The molecule has 3 aromatic heterocycles. The van der Waals surface area contributed by atoms with Crippen LogP contribution in [0.3, 0.4) is 0 Å². The molecule has 33 heavy (non-hydrogen) atoms. The van der Waals surface area contributed by atoms with E-state index in [1.54, 1.807) is 41.2 Å². The van der Waals surface area contributed by atoms with Gasteiger partial charge in [-0.15, -0.1) is 0 Å². The Balaban J connectivity index is 1.37. The largest absolute Gasteiger partial charge is 0.447 e. The number of fused-ring (bicyclic) bond motifs is 1. The molecule has 3 aromatic rings. The number of carbonyl (C=O) groups is 2. The van der Waals surface area contributed by atoms with Crippen molar-refractivity contribution < 1.29 is 27.5 Å². The Bertz CT molecular complexity index is 1210. The number of aromatic nitrogens is 3. The first-order chi connectivity index (χ1) is 15.8. The average Bonchev–Trinajstić information content (AvgIpc) is 3.44. The third-order valence-corrected chi connectivity index (χ3v) is 5.99. The minimum Gasteiger partial charge on any atom is -0.447 e. The third-order valence-electron chi connectivity index (χ3n) is 5.99. The van der Waals surface area contributed by atoms with Crippen molar-refractivity contribution in [3.05, 3.63) is 48.4 Å². The second kappa shape index (κ2) is 8.05. The number of alkyl halides is 3. The van der Waals surface area contributed by atoms with Crippen LogP contribution in [0.4, 0.5) is 23.8 Å². The van der Waals surface area contributed by atoms with Crippen molar-refractivity contribution in [2.24, 2.45) is 5.92 Å². The summed E-state index contributed by atoms with van der Waals surface area (Å²) in [5.74, 6) is -1.46. The van der Waals surface area contributed by atoms with E-state index >= 15 is 0 Å². The van der Waals surface area contributed by atoms with Crippen LogP contribution < -0.4 is 4.90 Å². The third kappa shape index (κ3) is 3.98. The van der Waals surface area contributed by atoms with Crippen LogP contribution in [-0.2, 0) is 4.74 Å². The highest BCUT2D eigenvalue weighted by molar-refractivity contribution is 5.97. The van der Waals surface area contributed by atoms with Gasteiger partial charge in [-0.1, -0.05) is 0 Å². The summed E-state index contributed by atoms with van der Waals surface area (Å²) in [6.45, 7) is 0.734. The topological polar surface area (TPSA) is 80.6 Å². The fraction of sp³-hybridized carbons (Fsp3) is 0.364. The maximum Gasteiger partial charge on any atom is 0.415 e. The van der Waals surface area contributed by atoms with E-state index in [-0.39, 0.29) is 18.5 Å². The highest BCUT2D eigenvalue weighted by Gasteiger charge is 2.42. The zero-order chi connectivity index (χ0) is 23.2. The first-order valence-electron chi connectivity index (χ1n) is 10.5. The Morgan fingerprint density at radius 3 is 2.67 bits per heavy atom. The van der Waals surface area contributed by atoms with E-state index in [0.29, 0.717) is 48.7 Å². The Morgan fingerprint density at radius 2 is 1.97 bits per heavy atom. The lowest BCUT2D eigenvalue weighted by Crippen LogP contribution is -2.44. The number of rotatable bonds is 3. The molecule has 0 unspecified atom stereocenters. The number of carbonyl (C=O) groups excluding carboxylic acids is 2. The van der Waals surface area contributed by atoms with Gasteiger partial charge in [0.25, 0.3) is 5.91 Å². The standard InChI is InChI=1S/C22H20F3N5O3/c23-22(24,25)16-2-1-6-28(13-16)20(31)15-10-14-5-7-29(19(14)27-11-15)17-3-4-18(26-12-17)30-8-9-33-21(30)32/h3-5,7,10-12,16H,1-2,6,8-9,13H2/t16-/m0/s1. The minimum atomic E-state index is -4.31. The van der Waals surface area contributed by atoms with Crippen molar-refractivity contribution >= 4 is 28.9 Å². The van der Waals surface area contributed by atoms with Crippen LogP contribution in [0.1, 0.15) is 23.2 Å². The molecule has 0 radical (unpaired) electrons. The van der Waals surface area contributed by atoms with Gasteiger partial charge in [0.2, 0.25) is 0 Å². The summed E-state index contributed by atoms with van der Waals surface area (Å²) in [7, 11) is 0. The SMILES string of the molecule is O=C(c1cnc2c(ccn2-c2ccc(N3CCOC3=O)nc2)c1)N1CCC[C@H](C(F)(F)F)C1. The van der Waals surface area contributed by atoms with Gasteiger partial charge in [0.15, 0.2) is 0 Å². The summed E-state index contributed by atoms with van der Waals surface area (Å²) in [6, 6.07) is 6.91. The van der Waals surface area contributed by atoms with Crippen LogP contribution in [0.2, 0.25) is 0 Å². The molecule has 11 heteroatoms. The molecule has 1 atom stereocenters. The zero-order valence-electron chi connectivity index (χ0n) is 17.5. The highest BCUT2D eigenvalue weighted by atomic mass is 19.4. The number of halogens is 3. The van der Waals surface area contributed by atoms with Gasteiger partial charge in [0.1, 0.15) is 18.1 Å².